The Labute approximate surface area is 186 Å². The van der Waals surface area contributed by atoms with Gasteiger partial charge < -0.3 is 4.43 Å². The Kier molecular flexibility index (Phi) is 5.54. The van der Waals surface area contributed by atoms with Gasteiger partial charge in [0.15, 0.2) is 8.32 Å². The number of hydrogen-bond donors (Lipinski definition) is 0. The quantitative estimate of drug-likeness (QED) is 0.341. The van der Waals surface area contributed by atoms with Crippen molar-refractivity contribution in [2.75, 3.05) is 0 Å². The summed E-state index contributed by atoms with van der Waals surface area (Å²) in [6.07, 6.45) is 13.0. The van der Waals surface area contributed by atoms with E-state index in [4.69, 9.17) is 4.43 Å². The fourth-order valence-electron chi connectivity index (χ4n) is 7.99. The zero-order chi connectivity index (χ0) is 22.1. The minimum atomic E-state index is -1.71. The highest BCUT2D eigenvalue weighted by Crippen LogP contribution is 2.66. The molecule has 0 saturated heterocycles. The van der Waals surface area contributed by atoms with Crippen LogP contribution in [-0.2, 0) is 9.22 Å². The van der Waals surface area contributed by atoms with Crippen molar-refractivity contribution < 1.29 is 9.22 Å². The van der Waals surface area contributed by atoms with Crippen molar-refractivity contribution in [3.63, 3.8) is 0 Å². The van der Waals surface area contributed by atoms with Crippen LogP contribution in [0.15, 0.2) is 11.6 Å². The molecule has 0 heterocycles. The van der Waals surface area contributed by atoms with E-state index in [1.54, 1.807) is 5.57 Å². The number of allylic oxidation sites excluding steroid dienone is 1. The summed E-state index contributed by atoms with van der Waals surface area (Å²) in [5.74, 6) is 3.12. The SMILES string of the molecule is CC(=O)[C@@H]1CC[C@@H]2[C@H]3CC=C4C[C@@H](O[Si](C)(C)C(C)(C)C)CC[C@]4(C)[C@@H]3CC[C@]21C. The Hall–Kier alpha value is -0.413. The second-order valence-corrected chi connectivity index (χ2v) is 18.0. The molecular formula is C27H46O2Si. The average molecular weight is 431 g/mol. The topological polar surface area (TPSA) is 26.3 Å². The monoisotopic (exact) mass is 430 g/mol. The minimum Gasteiger partial charge on any atom is -0.414 e. The molecule has 0 bridgehead atoms. The van der Waals surface area contributed by atoms with E-state index in [-0.39, 0.29) is 10.5 Å². The number of rotatable bonds is 3. The maximum absolute atomic E-state index is 12.4. The molecule has 0 aromatic rings. The molecule has 0 aromatic heterocycles. The Morgan fingerprint density at radius 2 is 1.77 bits per heavy atom. The predicted octanol–water partition coefficient (Wildman–Crippen LogP) is 7.54. The highest BCUT2D eigenvalue weighted by atomic mass is 28.4. The molecule has 3 saturated carbocycles. The van der Waals surface area contributed by atoms with Crippen LogP contribution < -0.4 is 0 Å². The maximum atomic E-state index is 12.4. The summed E-state index contributed by atoms with van der Waals surface area (Å²) >= 11 is 0. The highest BCUT2D eigenvalue weighted by Gasteiger charge is 2.59. The Morgan fingerprint density at radius 3 is 2.40 bits per heavy atom. The van der Waals surface area contributed by atoms with E-state index in [0.717, 1.165) is 30.6 Å². The van der Waals surface area contributed by atoms with E-state index in [9.17, 15) is 4.79 Å². The van der Waals surface area contributed by atoms with Crippen molar-refractivity contribution in [3.8, 4) is 0 Å². The van der Waals surface area contributed by atoms with Crippen molar-refractivity contribution in [2.24, 2.45) is 34.5 Å². The number of carbonyl (C=O) groups excluding carboxylic acids is 1. The molecule has 2 nitrogen and oxygen atoms in total. The number of fused-ring (bicyclic) bond motifs is 5. The molecule has 0 N–H and O–H groups in total. The molecule has 4 aliphatic rings. The lowest BCUT2D eigenvalue weighted by molar-refractivity contribution is -0.127. The second-order valence-electron chi connectivity index (χ2n) is 13.3. The summed E-state index contributed by atoms with van der Waals surface area (Å²) in [7, 11) is -1.71. The van der Waals surface area contributed by atoms with Crippen molar-refractivity contribution in [1.29, 1.82) is 0 Å². The Morgan fingerprint density at radius 1 is 1.07 bits per heavy atom. The van der Waals surface area contributed by atoms with E-state index in [2.05, 4.69) is 53.8 Å². The van der Waals surface area contributed by atoms with Crippen LogP contribution in [0.25, 0.3) is 0 Å². The largest absolute Gasteiger partial charge is 0.414 e. The second kappa shape index (κ2) is 7.30. The van der Waals surface area contributed by atoms with Gasteiger partial charge in [-0.2, -0.15) is 0 Å². The molecule has 0 radical (unpaired) electrons. The van der Waals surface area contributed by atoms with Gasteiger partial charge in [0, 0.05) is 12.0 Å². The molecule has 170 valence electrons. The molecule has 3 fully saturated rings. The molecule has 4 aliphatic carbocycles. The zero-order valence-electron chi connectivity index (χ0n) is 20.9. The van der Waals surface area contributed by atoms with Crippen molar-refractivity contribution in [3.05, 3.63) is 11.6 Å². The molecule has 0 aliphatic heterocycles. The molecule has 7 atom stereocenters. The lowest BCUT2D eigenvalue weighted by Gasteiger charge is -2.58. The summed E-state index contributed by atoms with van der Waals surface area (Å²) in [5.41, 5.74) is 2.34. The summed E-state index contributed by atoms with van der Waals surface area (Å²) in [5, 5.41) is 0.281. The molecule has 30 heavy (non-hydrogen) atoms. The number of hydrogen-bond acceptors (Lipinski definition) is 2. The molecule has 0 amide bonds. The first-order chi connectivity index (χ1) is 13.8. The molecule has 0 spiro atoms. The fraction of sp³-hybridized carbons (Fsp3) is 0.889. The lowest BCUT2D eigenvalue weighted by atomic mass is 9.47. The summed E-state index contributed by atoms with van der Waals surface area (Å²) in [6.45, 7) is 18.7. The van der Waals surface area contributed by atoms with Gasteiger partial charge in [-0.25, -0.2) is 0 Å². The number of ketones is 1. The van der Waals surface area contributed by atoms with E-state index in [1.807, 2.05) is 6.92 Å². The van der Waals surface area contributed by atoms with Crippen molar-refractivity contribution >= 4 is 14.1 Å². The maximum Gasteiger partial charge on any atom is 0.192 e. The van der Waals surface area contributed by atoms with Crippen LogP contribution in [0.2, 0.25) is 18.1 Å². The van der Waals surface area contributed by atoms with Gasteiger partial charge in [0.05, 0.1) is 0 Å². The van der Waals surface area contributed by atoms with Gasteiger partial charge in [-0.1, -0.05) is 46.3 Å². The summed E-state index contributed by atoms with van der Waals surface area (Å²) in [4.78, 5) is 12.4. The fourth-order valence-corrected chi connectivity index (χ4v) is 9.38. The number of Topliss-reactive ketones (excluding diaryl/α,β-unsaturated/α-hetero) is 1. The average Bonchev–Trinajstić information content (AvgIpc) is 2.98. The van der Waals surface area contributed by atoms with Gasteiger partial charge in [-0.15, -0.1) is 0 Å². The first-order valence-electron chi connectivity index (χ1n) is 12.7. The highest BCUT2D eigenvalue weighted by molar-refractivity contribution is 6.74. The van der Waals surface area contributed by atoms with Gasteiger partial charge in [0.1, 0.15) is 5.78 Å². The number of carbonyl (C=O) groups is 1. The van der Waals surface area contributed by atoms with Crippen LogP contribution in [0, 0.1) is 34.5 Å². The first-order valence-corrected chi connectivity index (χ1v) is 15.6. The van der Waals surface area contributed by atoms with E-state index < -0.39 is 8.32 Å². The standard InChI is InChI=1S/C27H46O2Si/c1-18(28)22-11-12-23-21-10-9-19-17-20(29-30(7,8)25(2,3)4)13-15-26(19,5)24(21)14-16-27(22,23)6/h9,20-24H,10-17H2,1-8H3/t20-,21+,22-,23+,24+,26-,27-/m0/s1. The van der Waals surface area contributed by atoms with Crippen LogP contribution in [0.4, 0.5) is 0 Å². The minimum absolute atomic E-state index is 0.261. The van der Waals surface area contributed by atoms with Gasteiger partial charge in [0.25, 0.3) is 0 Å². The van der Waals surface area contributed by atoms with Gasteiger partial charge in [-0.05, 0) is 105 Å². The molecule has 3 heteroatoms. The van der Waals surface area contributed by atoms with Crippen molar-refractivity contribution in [1.82, 2.24) is 0 Å². The zero-order valence-corrected chi connectivity index (χ0v) is 21.9. The van der Waals surface area contributed by atoms with Crippen molar-refractivity contribution in [2.45, 2.75) is 117 Å². The molecule has 0 unspecified atom stereocenters. The van der Waals surface area contributed by atoms with E-state index in [0.29, 0.717) is 23.2 Å². The van der Waals surface area contributed by atoms with E-state index >= 15 is 0 Å². The van der Waals surface area contributed by atoms with Crippen LogP contribution in [0.1, 0.15) is 92.9 Å². The third kappa shape index (κ3) is 3.41. The smallest absolute Gasteiger partial charge is 0.192 e. The summed E-state index contributed by atoms with van der Waals surface area (Å²) < 4.78 is 6.86. The Balaban J connectivity index is 1.53. The Bertz CT molecular complexity index is 732. The van der Waals surface area contributed by atoms with Gasteiger partial charge in [-0.3, -0.25) is 4.79 Å². The van der Waals surface area contributed by atoms with Crippen LogP contribution in [0.3, 0.4) is 0 Å². The third-order valence-corrected chi connectivity index (χ3v) is 15.4. The van der Waals surface area contributed by atoms with Crippen LogP contribution >= 0.6 is 0 Å². The van der Waals surface area contributed by atoms with Gasteiger partial charge in [0.2, 0.25) is 0 Å². The first kappa shape index (κ1) is 22.8. The van der Waals surface area contributed by atoms with E-state index in [1.165, 1.54) is 38.5 Å². The molecular weight excluding hydrogens is 384 g/mol. The van der Waals surface area contributed by atoms with Crippen LogP contribution in [0.5, 0.6) is 0 Å². The normalized spacial score (nSPS) is 44.0. The third-order valence-electron chi connectivity index (χ3n) is 10.8. The van der Waals surface area contributed by atoms with Gasteiger partial charge >= 0.3 is 0 Å². The molecule has 0 aromatic carbocycles. The van der Waals surface area contributed by atoms with Crippen LogP contribution in [-0.4, -0.2) is 20.2 Å². The molecule has 4 rings (SSSR count). The lowest BCUT2D eigenvalue weighted by Crippen LogP contribution is -2.52. The summed E-state index contributed by atoms with van der Waals surface area (Å²) in [6, 6.07) is 0. The predicted molar refractivity (Wildman–Crippen MR) is 128 cm³/mol.